The Bertz CT molecular complexity index is 482. The van der Waals surface area contributed by atoms with Crippen LogP contribution in [0.4, 0.5) is 0 Å². The summed E-state index contributed by atoms with van der Waals surface area (Å²) in [6.45, 7) is 6.37. The van der Waals surface area contributed by atoms with Crippen LogP contribution in [0.3, 0.4) is 0 Å². The molecule has 1 aliphatic carbocycles. The van der Waals surface area contributed by atoms with Crippen molar-refractivity contribution in [1.82, 2.24) is 0 Å². The van der Waals surface area contributed by atoms with Gasteiger partial charge in [-0.25, -0.2) is 0 Å². The summed E-state index contributed by atoms with van der Waals surface area (Å²) < 4.78 is 5.39. The average Bonchev–Trinajstić information content (AvgIpc) is 2.32. The number of hydrogen-bond donors (Lipinski definition) is 1. The fourth-order valence-electron chi connectivity index (χ4n) is 2.56. The second kappa shape index (κ2) is 4.97. The van der Waals surface area contributed by atoms with E-state index in [9.17, 15) is 4.79 Å². The van der Waals surface area contributed by atoms with E-state index in [-0.39, 0.29) is 23.2 Å². The van der Waals surface area contributed by atoms with Gasteiger partial charge in [0.1, 0.15) is 5.75 Å². The molecule has 0 spiro atoms. The van der Waals surface area contributed by atoms with E-state index in [2.05, 4.69) is 20.8 Å². The Morgan fingerprint density at radius 2 is 1.95 bits per heavy atom. The Kier molecular flexibility index (Phi) is 3.68. The van der Waals surface area contributed by atoms with Gasteiger partial charge in [0.05, 0.1) is 7.11 Å². The highest BCUT2D eigenvalue weighted by Gasteiger charge is 2.33. The number of rotatable bonds is 3. The minimum absolute atomic E-state index is 0.0440. The molecule has 0 bridgehead atoms. The van der Waals surface area contributed by atoms with Crippen LogP contribution in [0.15, 0.2) is 18.2 Å². The highest BCUT2D eigenvalue weighted by molar-refractivity contribution is 5.98. The fraction of sp³-hybridized carbons (Fsp3) is 0.562. The van der Waals surface area contributed by atoms with Crippen LogP contribution in [-0.2, 0) is 5.41 Å². The van der Waals surface area contributed by atoms with Gasteiger partial charge in [-0.15, -0.1) is 0 Å². The van der Waals surface area contributed by atoms with E-state index in [0.717, 1.165) is 29.7 Å². The van der Waals surface area contributed by atoms with Crippen molar-refractivity contribution < 1.29 is 9.53 Å². The van der Waals surface area contributed by atoms with E-state index in [0.29, 0.717) is 0 Å². The molecule has 1 aromatic carbocycles. The van der Waals surface area contributed by atoms with E-state index in [1.165, 1.54) is 0 Å². The molecule has 0 aliphatic heterocycles. The van der Waals surface area contributed by atoms with Crippen LogP contribution in [0.25, 0.3) is 0 Å². The maximum absolute atomic E-state index is 12.4. The first kappa shape index (κ1) is 14.1. The summed E-state index contributed by atoms with van der Waals surface area (Å²) in [4.78, 5) is 12.4. The van der Waals surface area contributed by atoms with Crippen LogP contribution in [-0.4, -0.2) is 18.9 Å². The zero-order chi connectivity index (χ0) is 14.2. The first-order valence-corrected chi connectivity index (χ1v) is 6.81. The lowest BCUT2D eigenvalue weighted by molar-refractivity contribution is 0.0832. The molecule has 19 heavy (non-hydrogen) atoms. The standard InChI is InChI=1S/C16H23NO2/c1-16(2,3)13-9-10(5-6-14(13)19-4)15(18)11-7-12(17)8-11/h5-6,9,11-12H,7-8,17H2,1-4H3. The topological polar surface area (TPSA) is 52.3 Å². The number of hydrogen-bond acceptors (Lipinski definition) is 3. The molecule has 0 saturated heterocycles. The summed E-state index contributed by atoms with van der Waals surface area (Å²) in [7, 11) is 1.66. The minimum Gasteiger partial charge on any atom is -0.496 e. The molecule has 1 fully saturated rings. The predicted molar refractivity (Wildman–Crippen MR) is 76.7 cm³/mol. The monoisotopic (exact) mass is 261 g/mol. The molecular weight excluding hydrogens is 238 g/mol. The Morgan fingerprint density at radius 1 is 1.32 bits per heavy atom. The molecule has 0 radical (unpaired) electrons. The second-order valence-electron chi connectivity index (χ2n) is 6.46. The number of nitrogens with two attached hydrogens (primary N) is 1. The van der Waals surface area contributed by atoms with Crippen LogP contribution < -0.4 is 10.5 Å². The molecule has 3 heteroatoms. The lowest BCUT2D eigenvalue weighted by Crippen LogP contribution is -2.40. The summed E-state index contributed by atoms with van der Waals surface area (Å²) in [6, 6.07) is 5.94. The minimum atomic E-state index is -0.0440. The molecule has 1 saturated carbocycles. The zero-order valence-corrected chi connectivity index (χ0v) is 12.2. The third-order valence-electron chi connectivity index (χ3n) is 3.84. The Morgan fingerprint density at radius 3 is 2.42 bits per heavy atom. The molecule has 1 aliphatic rings. The lowest BCUT2D eigenvalue weighted by Gasteiger charge is -2.31. The van der Waals surface area contributed by atoms with Gasteiger partial charge >= 0.3 is 0 Å². The number of carbonyl (C=O) groups is 1. The molecule has 2 N–H and O–H groups in total. The first-order valence-electron chi connectivity index (χ1n) is 6.81. The van der Waals surface area contributed by atoms with E-state index in [1.807, 2.05) is 18.2 Å². The maximum atomic E-state index is 12.4. The van der Waals surface area contributed by atoms with Crippen LogP contribution >= 0.6 is 0 Å². The van der Waals surface area contributed by atoms with Crippen molar-refractivity contribution in [2.24, 2.45) is 11.7 Å². The smallest absolute Gasteiger partial charge is 0.166 e. The van der Waals surface area contributed by atoms with E-state index < -0.39 is 0 Å². The predicted octanol–water partition coefficient (Wildman–Crippen LogP) is 2.91. The van der Waals surface area contributed by atoms with Gasteiger partial charge in [0.25, 0.3) is 0 Å². The van der Waals surface area contributed by atoms with Crippen molar-refractivity contribution in [1.29, 1.82) is 0 Å². The van der Waals surface area contributed by atoms with Crippen molar-refractivity contribution in [2.75, 3.05) is 7.11 Å². The number of carbonyl (C=O) groups excluding carboxylic acids is 1. The number of benzene rings is 1. The summed E-state index contributed by atoms with van der Waals surface area (Å²) in [5.41, 5.74) is 7.57. The van der Waals surface area contributed by atoms with Crippen molar-refractivity contribution in [3.63, 3.8) is 0 Å². The molecular formula is C16H23NO2. The van der Waals surface area contributed by atoms with Crippen LogP contribution in [0.2, 0.25) is 0 Å². The zero-order valence-electron chi connectivity index (χ0n) is 12.2. The second-order valence-corrected chi connectivity index (χ2v) is 6.46. The first-order chi connectivity index (χ1) is 8.82. The summed E-state index contributed by atoms with van der Waals surface area (Å²) in [6.07, 6.45) is 1.63. The molecule has 3 nitrogen and oxygen atoms in total. The third-order valence-corrected chi connectivity index (χ3v) is 3.84. The molecule has 104 valence electrons. The molecule has 0 aromatic heterocycles. The summed E-state index contributed by atoms with van der Waals surface area (Å²) in [5.74, 6) is 1.17. The van der Waals surface area contributed by atoms with E-state index in [4.69, 9.17) is 10.5 Å². The Labute approximate surface area is 115 Å². The van der Waals surface area contributed by atoms with Crippen LogP contribution in [0.5, 0.6) is 5.75 Å². The van der Waals surface area contributed by atoms with Crippen molar-refractivity contribution in [3.8, 4) is 5.75 Å². The van der Waals surface area contributed by atoms with Gasteiger partial charge in [-0.1, -0.05) is 20.8 Å². The largest absolute Gasteiger partial charge is 0.496 e. The van der Waals surface area contributed by atoms with Crippen LogP contribution in [0.1, 0.15) is 49.5 Å². The number of ether oxygens (including phenoxy) is 1. The molecule has 0 amide bonds. The van der Waals surface area contributed by atoms with Gasteiger partial charge in [0.2, 0.25) is 0 Å². The van der Waals surface area contributed by atoms with Crippen molar-refractivity contribution in [3.05, 3.63) is 29.3 Å². The van der Waals surface area contributed by atoms with Crippen molar-refractivity contribution >= 4 is 5.78 Å². The quantitative estimate of drug-likeness (QED) is 0.851. The van der Waals surface area contributed by atoms with Gasteiger partial charge < -0.3 is 10.5 Å². The average molecular weight is 261 g/mol. The van der Waals surface area contributed by atoms with Gasteiger partial charge in [0, 0.05) is 23.1 Å². The molecule has 0 atom stereocenters. The summed E-state index contributed by atoms with van der Waals surface area (Å²) >= 11 is 0. The maximum Gasteiger partial charge on any atom is 0.166 e. The Balaban J connectivity index is 2.30. The van der Waals surface area contributed by atoms with E-state index >= 15 is 0 Å². The number of ketones is 1. The molecule has 1 aromatic rings. The highest BCUT2D eigenvalue weighted by atomic mass is 16.5. The molecule has 0 unspecified atom stereocenters. The van der Waals surface area contributed by atoms with Gasteiger partial charge in [0.15, 0.2) is 5.78 Å². The van der Waals surface area contributed by atoms with Crippen molar-refractivity contribution in [2.45, 2.75) is 45.1 Å². The Hall–Kier alpha value is -1.35. The molecule has 2 rings (SSSR count). The van der Waals surface area contributed by atoms with Gasteiger partial charge in [-0.2, -0.15) is 0 Å². The van der Waals surface area contributed by atoms with Gasteiger partial charge in [-0.3, -0.25) is 4.79 Å². The van der Waals surface area contributed by atoms with Gasteiger partial charge in [-0.05, 0) is 36.5 Å². The van der Waals surface area contributed by atoms with E-state index in [1.54, 1.807) is 7.11 Å². The number of Topliss-reactive ketones (excluding diaryl/α,β-unsaturated/α-hetero) is 1. The van der Waals surface area contributed by atoms with Crippen LogP contribution in [0, 0.1) is 5.92 Å². The normalized spacial score (nSPS) is 22.8. The molecule has 0 heterocycles. The SMILES string of the molecule is COc1ccc(C(=O)C2CC(N)C2)cc1C(C)(C)C. The third kappa shape index (κ3) is 2.81. The fourth-order valence-corrected chi connectivity index (χ4v) is 2.56. The lowest BCUT2D eigenvalue weighted by atomic mass is 9.75. The number of methoxy groups -OCH3 is 1. The highest BCUT2D eigenvalue weighted by Crippen LogP contribution is 2.34. The summed E-state index contributed by atoms with van der Waals surface area (Å²) in [5, 5.41) is 0.